The van der Waals surface area contributed by atoms with Crippen LogP contribution in [0, 0.1) is 13.8 Å². The molecule has 2 heterocycles. The van der Waals surface area contributed by atoms with Gasteiger partial charge in [0, 0.05) is 23.5 Å². The summed E-state index contributed by atoms with van der Waals surface area (Å²) in [6, 6.07) is 16.9. The fourth-order valence-corrected chi connectivity index (χ4v) is 2.87. The zero-order valence-corrected chi connectivity index (χ0v) is 15.5. The first-order valence-corrected chi connectivity index (χ1v) is 8.83. The normalized spacial score (nSPS) is 10.6. The van der Waals surface area contributed by atoms with E-state index in [1.807, 2.05) is 38.1 Å². The van der Waals surface area contributed by atoms with Crippen LogP contribution in [0.4, 0.5) is 5.69 Å². The summed E-state index contributed by atoms with van der Waals surface area (Å²) >= 11 is 0. The number of fused-ring (bicyclic) bond motifs is 1. The summed E-state index contributed by atoms with van der Waals surface area (Å²) in [4.78, 5) is 25.3. The van der Waals surface area contributed by atoms with Gasteiger partial charge in [0.2, 0.25) is 0 Å². The molecule has 0 saturated carbocycles. The van der Waals surface area contributed by atoms with Crippen molar-refractivity contribution in [2.45, 2.75) is 13.8 Å². The molecule has 6 heteroatoms. The molecule has 1 amide bonds. The average molecular weight is 370 g/mol. The number of anilines is 1. The largest absolute Gasteiger partial charge is 0.424 e. The predicted octanol–water partition coefficient (Wildman–Crippen LogP) is 4.69. The van der Waals surface area contributed by atoms with E-state index in [4.69, 9.17) is 4.74 Å². The topological polar surface area (TPSA) is 77.0 Å². The van der Waals surface area contributed by atoms with Crippen molar-refractivity contribution in [2.75, 3.05) is 5.32 Å². The van der Waals surface area contributed by atoms with Crippen molar-refractivity contribution in [3.8, 4) is 11.8 Å². The third-order valence-corrected chi connectivity index (χ3v) is 4.27. The van der Waals surface area contributed by atoms with Gasteiger partial charge in [-0.2, -0.15) is 0 Å². The van der Waals surface area contributed by atoms with Crippen LogP contribution in [0.2, 0.25) is 0 Å². The average Bonchev–Trinajstić information content (AvgIpc) is 2.70. The van der Waals surface area contributed by atoms with Crippen LogP contribution in [-0.4, -0.2) is 20.9 Å². The van der Waals surface area contributed by atoms with Gasteiger partial charge in [0.15, 0.2) is 0 Å². The molecule has 0 aliphatic carbocycles. The molecule has 4 rings (SSSR count). The summed E-state index contributed by atoms with van der Waals surface area (Å²) in [6.07, 6.45) is 3.22. The van der Waals surface area contributed by atoms with E-state index < -0.39 is 0 Å². The lowest BCUT2D eigenvalue weighted by molar-refractivity contribution is 0.102. The Morgan fingerprint density at radius 1 is 0.964 bits per heavy atom. The van der Waals surface area contributed by atoms with Crippen LogP contribution < -0.4 is 10.1 Å². The standard InChI is InChI=1S/C22H18N4O2/c1-14-4-9-20-16(12-14)13-19(15(2)25-20)21(27)26-17-5-7-18(8-6-17)28-22-23-10-3-11-24-22/h3-13H,1-2H3,(H,26,27). The number of hydrogen-bond acceptors (Lipinski definition) is 5. The Kier molecular flexibility index (Phi) is 4.68. The van der Waals surface area contributed by atoms with Crippen molar-refractivity contribution < 1.29 is 9.53 Å². The monoisotopic (exact) mass is 370 g/mol. The van der Waals surface area contributed by atoms with Gasteiger partial charge in [-0.05, 0) is 62.4 Å². The van der Waals surface area contributed by atoms with Gasteiger partial charge in [-0.25, -0.2) is 9.97 Å². The number of amides is 1. The van der Waals surface area contributed by atoms with E-state index in [2.05, 4.69) is 20.3 Å². The van der Waals surface area contributed by atoms with Crippen molar-refractivity contribution >= 4 is 22.5 Å². The zero-order chi connectivity index (χ0) is 19.5. The molecule has 0 aliphatic rings. The molecule has 0 atom stereocenters. The lowest BCUT2D eigenvalue weighted by atomic mass is 10.1. The fourth-order valence-electron chi connectivity index (χ4n) is 2.87. The first-order valence-electron chi connectivity index (χ1n) is 8.83. The summed E-state index contributed by atoms with van der Waals surface area (Å²) < 4.78 is 5.56. The van der Waals surface area contributed by atoms with Gasteiger partial charge in [-0.15, -0.1) is 0 Å². The lowest BCUT2D eigenvalue weighted by Gasteiger charge is -2.10. The Bertz CT molecular complexity index is 1140. The summed E-state index contributed by atoms with van der Waals surface area (Å²) in [7, 11) is 0. The van der Waals surface area contributed by atoms with Crippen LogP contribution in [0.15, 0.2) is 67.0 Å². The number of nitrogens with zero attached hydrogens (tertiary/aromatic N) is 3. The minimum Gasteiger partial charge on any atom is -0.424 e. The van der Waals surface area contributed by atoms with Crippen molar-refractivity contribution in [3.05, 3.63) is 83.8 Å². The fraction of sp³-hybridized carbons (Fsp3) is 0.0909. The maximum absolute atomic E-state index is 12.7. The van der Waals surface area contributed by atoms with E-state index in [1.54, 1.807) is 42.7 Å². The molecule has 0 fully saturated rings. The highest BCUT2D eigenvalue weighted by Crippen LogP contribution is 2.22. The number of hydrogen-bond donors (Lipinski definition) is 1. The number of ether oxygens (including phenoxy) is 1. The van der Waals surface area contributed by atoms with E-state index >= 15 is 0 Å². The molecule has 28 heavy (non-hydrogen) atoms. The Balaban J connectivity index is 1.52. The second-order valence-corrected chi connectivity index (χ2v) is 6.43. The van der Waals surface area contributed by atoms with Crippen LogP contribution in [0.5, 0.6) is 11.8 Å². The SMILES string of the molecule is Cc1ccc2nc(C)c(C(=O)Nc3ccc(Oc4ncccn4)cc3)cc2c1. The third-order valence-electron chi connectivity index (χ3n) is 4.27. The predicted molar refractivity (Wildman–Crippen MR) is 108 cm³/mol. The highest BCUT2D eigenvalue weighted by atomic mass is 16.5. The van der Waals surface area contributed by atoms with Crippen molar-refractivity contribution in [2.24, 2.45) is 0 Å². The Labute approximate surface area is 162 Å². The number of nitrogens with one attached hydrogen (secondary N) is 1. The lowest BCUT2D eigenvalue weighted by Crippen LogP contribution is -2.14. The summed E-state index contributed by atoms with van der Waals surface area (Å²) in [5, 5.41) is 3.85. The van der Waals surface area contributed by atoms with Crippen molar-refractivity contribution in [3.63, 3.8) is 0 Å². The Hall–Kier alpha value is -3.80. The molecular weight excluding hydrogens is 352 g/mol. The molecule has 4 aromatic rings. The number of aromatic nitrogens is 3. The minimum absolute atomic E-state index is 0.200. The van der Waals surface area contributed by atoms with Gasteiger partial charge >= 0.3 is 6.01 Å². The van der Waals surface area contributed by atoms with E-state index in [-0.39, 0.29) is 11.9 Å². The maximum atomic E-state index is 12.7. The van der Waals surface area contributed by atoms with Gasteiger partial charge in [-0.1, -0.05) is 11.6 Å². The number of carbonyl (C=O) groups is 1. The van der Waals surface area contributed by atoms with Gasteiger partial charge in [0.25, 0.3) is 5.91 Å². The molecule has 0 saturated heterocycles. The number of carbonyl (C=O) groups excluding carboxylic acids is 1. The molecule has 0 bridgehead atoms. The molecule has 138 valence electrons. The molecule has 0 spiro atoms. The van der Waals surface area contributed by atoms with E-state index in [0.29, 0.717) is 22.7 Å². The molecule has 0 unspecified atom stereocenters. The van der Waals surface area contributed by atoms with Crippen LogP contribution in [0.25, 0.3) is 10.9 Å². The van der Waals surface area contributed by atoms with Crippen LogP contribution >= 0.6 is 0 Å². The Morgan fingerprint density at radius 2 is 1.71 bits per heavy atom. The highest BCUT2D eigenvalue weighted by molar-refractivity contribution is 6.06. The molecule has 0 radical (unpaired) electrons. The van der Waals surface area contributed by atoms with E-state index in [9.17, 15) is 4.79 Å². The third kappa shape index (κ3) is 3.81. The smallest absolute Gasteiger partial charge is 0.321 e. The van der Waals surface area contributed by atoms with E-state index in [0.717, 1.165) is 16.5 Å². The van der Waals surface area contributed by atoms with Gasteiger partial charge in [0.05, 0.1) is 16.8 Å². The van der Waals surface area contributed by atoms with Crippen LogP contribution in [0.1, 0.15) is 21.6 Å². The second kappa shape index (κ2) is 7.44. The second-order valence-electron chi connectivity index (χ2n) is 6.43. The zero-order valence-electron chi connectivity index (χ0n) is 15.5. The Morgan fingerprint density at radius 3 is 2.46 bits per heavy atom. The van der Waals surface area contributed by atoms with Gasteiger partial charge < -0.3 is 10.1 Å². The van der Waals surface area contributed by atoms with Gasteiger partial charge in [0.1, 0.15) is 5.75 Å². The summed E-state index contributed by atoms with van der Waals surface area (Å²) in [6.45, 7) is 3.86. The van der Waals surface area contributed by atoms with Crippen LogP contribution in [-0.2, 0) is 0 Å². The van der Waals surface area contributed by atoms with Crippen LogP contribution in [0.3, 0.4) is 0 Å². The van der Waals surface area contributed by atoms with E-state index in [1.165, 1.54) is 0 Å². The first kappa shape index (κ1) is 17.6. The first-order chi connectivity index (χ1) is 13.6. The number of rotatable bonds is 4. The molecular formula is C22H18N4O2. The quantitative estimate of drug-likeness (QED) is 0.564. The van der Waals surface area contributed by atoms with Gasteiger partial charge in [-0.3, -0.25) is 9.78 Å². The molecule has 0 aliphatic heterocycles. The number of pyridine rings is 1. The van der Waals surface area contributed by atoms with Crippen molar-refractivity contribution in [1.82, 2.24) is 15.0 Å². The minimum atomic E-state index is -0.200. The molecule has 6 nitrogen and oxygen atoms in total. The molecule has 2 aromatic heterocycles. The molecule has 1 N–H and O–H groups in total. The summed E-state index contributed by atoms with van der Waals surface area (Å²) in [5.41, 5.74) is 3.91. The van der Waals surface area contributed by atoms with Crippen molar-refractivity contribution in [1.29, 1.82) is 0 Å². The molecule has 2 aromatic carbocycles. The number of aryl methyl sites for hydroxylation is 2. The highest BCUT2D eigenvalue weighted by Gasteiger charge is 2.12. The number of benzene rings is 2. The maximum Gasteiger partial charge on any atom is 0.321 e. The summed E-state index contributed by atoms with van der Waals surface area (Å²) in [5.74, 6) is 0.386.